The van der Waals surface area contributed by atoms with Gasteiger partial charge in [-0.15, -0.1) is 0 Å². The minimum Gasteiger partial charge on any atom is -0.492 e. The average molecular weight is 211 g/mol. The highest BCUT2D eigenvalue weighted by Gasteiger charge is 2.19. The van der Waals surface area contributed by atoms with Gasteiger partial charge < -0.3 is 18.9 Å². The van der Waals surface area contributed by atoms with Crippen LogP contribution in [0.1, 0.15) is 5.56 Å². The zero-order valence-electron chi connectivity index (χ0n) is 9.63. The third-order valence-electron chi connectivity index (χ3n) is 2.08. The molecule has 0 heterocycles. The molecule has 0 aliphatic carbocycles. The van der Waals surface area contributed by atoms with Crippen molar-refractivity contribution in [1.82, 2.24) is 0 Å². The molecule has 1 radical (unpaired) electrons. The predicted molar refractivity (Wildman–Crippen MR) is 56.2 cm³/mol. The maximum atomic E-state index is 5.23. The van der Waals surface area contributed by atoms with Crippen LogP contribution in [0.2, 0.25) is 0 Å². The van der Waals surface area contributed by atoms with Gasteiger partial charge in [0.15, 0.2) is 11.5 Å². The molecule has 0 fully saturated rings. The van der Waals surface area contributed by atoms with E-state index in [-0.39, 0.29) is 0 Å². The van der Waals surface area contributed by atoms with Crippen molar-refractivity contribution in [2.75, 3.05) is 28.4 Å². The van der Waals surface area contributed by atoms with Crippen LogP contribution in [0, 0.1) is 13.0 Å². The van der Waals surface area contributed by atoms with Gasteiger partial charge in [-0.3, -0.25) is 0 Å². The fourth-order valence-electron chi connectivity index (χ4n) is 1.42. The van der Waals surface area contributed by atoms with E-state index in [1.54, 1.807) is 28.4 Å². The Morgan fingerprint density at radius 3 is 1.67 bits per heavy atom. The lowest BCUT2D eigenvalue weighted by Gasteiger charge is -2.16. The fourth-order valence-corrected chi connectivity index (χ4v) is 1.42. The second-order valence-electron chi connectivity index (χ2n) is 2.88. The van der Waals surface area contributed by atoms with Crippen molar-refractivity contribution < 1.29 is 18.9 Å². The van der Waals surface area contributed by atoms with Gasteiger partial charge in [-0.25, -0.2) is 0 Å². The lowest BCUT2D eigenvalue weighted by Crippen LogP contribution is -1.99. The quantitative estimate of drug-likeness (QED) is 0.761. The molecule has 0 amide bonds. The van der Waals surface area contributed by atoms with Gasteiger partial charge in [-0.2, -0.15) is 0 Å². The van der Waals surface area contributed by atoms with Crippen molar-refractivity contribution in [2.45, 2.75) is 6.92 Å². The number of benzene rings is 1. The van der Waals surface area contributed by atoms with E-state index in [1.165, 1.54) is 0 Å². The van der Waals surface area contributed by atoms with E-state index in [9.17, 15) is 0 Å². The molecule has 0 aromatic heterocycles. The monoisotopic (exact) mass is 211 g/mol. The third-order valence-corrected chi connectivity index (χ3v) is 2.08. The minimum atomic E-state index is 0.488. The Balaban J connectivity index is 3.44. The number of aryl methyl sites for hydroxylation is 1. The van der Waals surface area contributed by atoms with Crippen LogP contribution < -0.4 is 18.9 Å². The minimum absolute atomic E-state index is 0.488. The van der Waals surface area contributed by atoms with E-state index in [4.69, 9.17) is 18.9 Å². The first-order chi connectivity index (χ1) is 7.19. The Morgan fingerprint density at radius 1 is 0.733 bits per heavy atom. The summed E-state index contributed by atoms with van der Waals surface area (Å²) in [6.45, 7) is 1.86. The van der Waals surface area contributed by atoms with Gasteiger partial charge in [-0.1, -0.05) is 0 Å². The number of hydrogen-bond acceptors (Lipinski definition) is 4. The first-order valence-electron chi connectivity index (χ1n) is 4.45. The molecular weight excluding hydrogens is 196 g/mol. The highest BCUT2D eigenvalue weighted by atomic mass is 16.5. The summed E-state index contributed by atoms with van der Waals surface area (Å²) >= 11 is 0. The lowest BCUT2D eigenvalue weighted by molar-refractivity contribution is 0.304. The normalized spacial score (nSPS) is 9.67. The molecule has 0 aliphatic rings. The van der Waals surface area contributed by atoms with Gasteiger partial charge in [0.05, 0.1) is 28.4 Å². The molecule has 4 nitrogen and oxygen atoms in total. The summed E-state index contributed by atoms with van der Waals surface area (Å²) in [4.78, 5) is 0. The topological polar surface area (TPSA) is 36.9 Å². The van der Waals surface area contributed by atoms with E-state index >= 15 is 0 Å². The largest absolute Gasteiger partial charge is 0.492 e. The van der Waals surface area contributed by atoms with E-state index in [2.05, 4.69) is 6.07 Å². The van der Waals surface area contributed by atoms with Crippen LogP contribution in [0.15, 0.2) is 0 Å². The molecule has 0 bridgehead atoms. The molecule has 83 valence electrons. The van der Waals surface area contributed by atoms with E-state index in [0.717, 1.165) is 5.56 Å². The zero-order chi connectivity index (χ0) is 11.4. The van der Waals surface area contributed by atoms with Crippen molar-refractivity contribution in [3.05, 3.63) is 11.6 Å². The molecule has 1 rings (SSSR count). The van der Waals surface area contributed by atoms with Crippen LogP contribution in [-0.2, 0) is 0 Å². The average Bonchev–Trinajstić information content (AvgIpc) is 2.27. The molecule has 0 spiro atoms. The van der Waals surface area contributed by atoms with E-state index < -0.39 is 0 Å². The van der Waals surface area contributed by atoms with Crippen molar-refractivity contribution >= 4 is 0 Å². The summed E-state index contributed by atoms with van der Waals surface area (Å²) < 4.78 is 20.8. The van der Waals surface area contributed by atoms with Crippen LogP contribution in [0.3, 0.4) is 0 Å². The van der Waals surface area contributed by atoms with Gasteiger partial charge in [0.1, 0.15) is 0 Å². The molecule has 15 heavy (non-hydrogen) atoms. The number of methoxy groups -OCH3 is 4. The van der Waals surface area contributed by atoms with Gasteiger partial charge in [0, 0.05) is 11.6 Å². The predicted octanol–water partition coefficient (Wildman–Crippen LogP) is 1.83. The van der Waals surface area contributed by atoms with Gasteiger partial charge in [0.25, 0.3) is 0 Å². The molecular formula is C11H15O4. The second-order valence-corrected chi connectivity index (χ2v) is 2.88. The Morgan fingerprint density at radius 2 is 1.27 bits per heavy atom. The zero-order valence-corrected chi connectivity index (χ0v) is 9.63. The van der Waals surface area contributed by atoms with E-state index in [1.807, 2.05) is 6.92 Å². The first kappa shape index (κ1) is 11.5. The Labute approximate surface area is 89.7 Å². The smallest absolute Gasteiger partial charge is 0.207 e. The highest BCUT2D eigenvalue weighted by molar-refractivity contribution is 5.61. The molecule has 0 saturated heterocycles. The molecule has 1 aromatic carbocycles. The Bertz CT molecular complexity index is 347. The van der Waals surface area contributed by atoms with Crippen molar-refractivity contribution in [3.8, 4) is 23.0 Å². The molecule has 4 heteroatoms. The summed E-state index contributed by atoms with van der Waals surface area (Å²) in [6, 6.07) is 3.02. The van der Waals surface area contributed by atoms with Crippen LogP contribution in [0.25, 0.3) is 0 Å². The summed E-state index contributed by atoms with van der Waals surface area (Å²) in [5.41, 5.74) is 0.812. The summed E-state index contributed by atoms with van der Waals surface area (Å²) in [6.07, 6.45) is 0. The molecule has 0 N–H and O–H groups in total. The maximum Gasteiger partial charge on any atom is 0.207 e. The Kier molecular flexibility index (Phi) is 3.66. The molecule has 0 saturated carbocycles. The summed E-state index contributed by atoms with van der Waals surface area (Å²) in [5.74, 6) is 2.12. The van der Waals surface area contributed by atoms with Crippen LogP contribution >= 0.6 is 0 Å². The fraction of sp³-hybridized carbons (Fsp3) is 0.455. The highest BCUT2D eigenvalue weighted by Crippen LogP contribution is 2.45. The summed E-state index contributed by atoms with van der Waals surface area (Å²) in [7, 11) is 6.23. The van der Waals surface area contributed by atoms with Crippen molar-refractivity contribution in [3.63, 3.8) is 0 Å². The first-order valence-corrected chi connectivity index (χ1v) is 4.45. The molecule has 0 atom stereocenters. The van der Waals surface area contributed by atoms with Crippen molar-refractivity contribution in [1.29, 1.82) is 0 Å². The van der Waals surface area contributed by atoms with Gasteiger partial charge >= 0.3 is 0 Å². The van der Waals surface area contributed by atoms with Crippen LogP contribution in [0.4, 0.5) is 0 Å². The molecule has 0 unspecified atom stereocenters. The van der Waals surface area contributed by atoms with Crippen molar-refractivity contribution in [2.24, 2.45) is 0 Å². The van der Waals surface area contributed by atoms with Gasteiger partial charge in [0.2, 0.25) is 11.5 Å². The Hall–Kier alpha value is -1.58. The summed E-state index contributed by atoms with van der Waals surface area (Å²) in [5, 5.41) is 0. The molecule has 0 aliphatic heterocycles. The number of hydrogen-bond donors (Lipinski definition) is 0. The third kappa shape index (κ3) is 1.93. The second kappa shape index (κ2) is 4.77. The lowest BCUT2D eigenvalue weighted by atomic mass is 10.1. The van der Waals surface area contributed by atoms with Crippen LogP contribution in [-0.4, -0.2) is 28.4 Å². The number of ether oxygens (including phenoxy) is 4. The maximum absolute atomic E-state index is 5.23. The SMILES string of the molecule is COc1[c]c(C)c(OC)c(OC)c1OC. The molecule has 1 aromatic rings. The number of rotatable bonds is 4. The van der Waals surface area contributed by atoms with Gasteiger partial charge in [-0.05, 0) is 6.92 Å². The standard InChI is InChI=1S/C11H15O4/c1-7-6-8(12-2)10(14-4)11(15-5)9(7)13-3/h1-5H3. The van der Waals surface area contributed by atoms with Crippen LogP contribution in [0.5, 0.6) is 23.0 Å². The van der Waals surface area contributed by atoms with E-state index in [0.29, 0.717) is 23.0 Å².